The maximum atomic E-state index is 8.82. The zero-order valence-electron chi connectivity index (χ0n) is 12.0. The zero-order valence-corrected chi connectivity index (χ0v) is 12.0. The van der Waals surface area contributed by atoms with Gasteiger partial charge in [-0.25, -0.2) is 0 Å². The van der Waals surface area contributed by atoms with Gasteiger partial charge in [-0.1, -0.05) is 13.8 Å². The second kappa shape index (κ2) is 6.25. The number of aromatic nitrogens is 1. The maximum absolute atomic E-state index is 8.82. The number of hydrogen-bond donors (Lipinski definition) is 1. The van der Waals surface area contributed by atoms with Gasteiger partial charge in [-0.05, 0) is 30.2 Å². The first-order valence-electron chi connectivity index (χ1n) is 6.88. The molecular weight excluding hydrogens is 248 g/mol. The molecule has 2 N–H and O–H groups in total. The summed E-state index contributed by atoms with van der Waals surface area (Å²) in [5.74, 6) is 0.512. The highest BCUT2D eigenvalue weighted by Crippen LogP contribution is 2.31. The smallest absolute Gasteiger partial charge is 0.0724 e. The van der Waals surface area contributed by atoms with Crippen LogP contribution in [0.15, 0.2) is 30.5 Å². The number of hydrogen-bond acceptors (Lipinski definition) is 4. The van der Waals surface area contributed by atoms with Crippen molar-refractivity contribution in [2.75, 3.05) is 23.7 Å². The summed E-state index contributed by atoms with van der Waals surface area (Å²) in [5.41, 5.74) is 8.94. The third kappa shape index (κ3) is 3.00. The number of benzene rings is 1. The van der Waals surface area contributed by atoms with Crippen LogP contribution in [0.25, 0.3) is 10.9 Å². The monoisotopic (exact) mass is 268 g/mol. The number of nitrogen functional groups attached to an aromatic ring is 1. The van der Waals surface area contributed by atoms with Crippen LogP contribution >= 0.6 is 0 Å². The Balaban J connectivity index is 2.42. The number of fused-ring (bicyclic) bond motifs is 1. The van der Waals surface area contributed by atoms with E-state index in [-0.39, 0.29) is 0 Å². The van der Waals surface area contributed by atoms with Crippen molar-refractivity contribution < 1.29 is 0 Å². The average molecular weight is 268 g/mol. The molecule has 0 amide bonds. The Labute approximate surface area is 119 Å². The molecule has 104 valence electrons. The van der Waals surface area contributed by atoms with Gasteiger partial charge in [0.25, 0.3) is 0 Å². The van der Waals surface area contributed by atoms with Gasteiger partial charge in [0.15, 0.2) is 0 Å². The first kappa shape index (κ1) is 14.1. The summed E-state index contributed by atoms with van der Waals surface area (Å²) in [5, 5.41) is 9.79. The molecule has 0 aliphatic heterocycles. The fraction of sp³-hybridized carbons (Fsp3) is 0.375. The van der Waals surface area contributed by atoms with Crippen LogP contribution in [-0.2, 0) is 0 Å². The van der Waals surface area contributed by atoms with Crippen molar-refractivity contribution in [3.8, 4) is 6.07 Å². The molecule has 1 heterocycles. The minimum Gasteiger partial charge on any atom is -0.396 e. The molecule has 0 saturated carbocycles. The lowest BCUT2D eigenvalue weighted by Crippen LogP contribution is -2.29. The number of rotatable bonds is 5. The summed E-state index contributed by atoms with van der Waals surface area (Å²) in [6.45, 7) is 5.92. The highest BCUT2D eigenvalue weighted by atomic mass is 15.1. The zero-order chi connectivity index (χ0) is 14.5. The molecule has 2 rings (SSSR count). The maximum Gasteiger partial charge on any atom is 0.0724 e. The van der Waals surface area contributed by atoms with Crippen LogP contribution in [0.1, 0.15) is 20.3 Å². The van der Waals surface area contributed by atoms with E-state index in [9.17, 15) is 0 Å². The fourth-order valence-corrected chi connectivity index (χ4v) is 2.38. The fourth-order valence-electron chi connectivity index (χ4n) is 2.38. The highest BCUT2D eigenvalue weighted by molar-refractivity contribution is 5.97. The van der Waals surface area contributed by atoms with Crippen molar-refractivity contribution in [1.29, 1.82) is 5.26 Å². The molecule has 4 nitrogen and oxygen atoms in total. The van der Waals surface area contributed by atoms with Crippen molar-refractivity contribution >= 4 is 22.3 Å². The Morgan fingerprint density at radius 2 is 2.15 bits per heavy atom. The molecule has 4 heteroatoms. The molecule has 0 saturated heterocycles. The molecule has 0 atom stereocenters. The van der Waals surface area contributed by atoms with Gasteiger partial charge in [0, 0.05) is 24.7 Å². The lowest BCUT2D eigenvalue weighted by atomic mass is 10.1. The van der Waals surface area contributed by atoms with E-state index in [0.717, 1.165) is 28.8 Å². The quantitative estimate of drug-likeness (QED) is 0.846. The number of nitrogens with zero attached hydrogens (tertiary/aromatic N) is 3. The Kier molecular flexibility index (Phi) is 4.41. The van der Waals surface area contributed by atoms with Gasteiger partial charge < -0.3 is 10.6 Å². The molecule has 0 radical (unpaired) electrons. The average Bonchev–Trinajstić information content (AvgIpc) is 2.44. The van der Waals surface area contributed by atoms with Crippen molar-refractivity contribution in [2.24, 2.45) is 5.92 Å². The largest absolute Gasteiger partial charge is 0.396 e. The van der Waals surface area contributed by atoms with Gasteiger partial charge in [0.05, 0.1) is 29.4 Å². The molecule has 0 fully saturated rings. The summed E-state index contributed by atoms with van der Waals surface area (Å²) in [7, 11) is 0. The van der Waals surface area contributed by atoms with Crippen molar-refractivity contribution in [1.82, 2.24) is 4.98 Å². The SMILES string of the molecule is CC(C)CN(CCC#N)c1ccc2ncccc2c1N. The van der Waals surface area contributed by atoms with Crippen LogP contribution in [-0.4, -0.2) is 18.1 Å². The summed E-state index contributed by atoms with van der Waals surface area (Å²) in [4.78, 5) is 6.50. The topological polar surface area (TPSA) is 65.9 Å². The second-order valence-electron chi connectivity index (χ2n) is 5.32. The van der Waals surface area contributed by atoms with Gasteiger partial charge in [-0.3, -0.25) is 4.98 Å². The number of pyridine rings is 1. The van der Waals surface area contributed by atoms with E-state index >= 15 is 0 Å². The van der Waals surface area contributed by atoms with Crippen LogP contribution in [0.5, 0.6) is 0 Å². The third-order valence-corrected chi connectivity index (χ3v) is 3.22. The first-order valence-corrected chi connectivity index (χ1v) is 6.88. The molecule has 0 bridgehead atoms. The molecular formula is C16H20N4. The van der Waals surface area contributed by atoms with Gasteiger partial charge >= 0.3 is 0 Å². The van der Waals surface area contributed by atoms with Gasteiger partial charge in [0.2, 0.25) is 0 Å². The van der Waals surface area contributed by atoms with E-state index in [0.29, 0.717) is 18.9 Å². The Morgan fingerprint density at radius 3 is 2.85 bits per heavy atom. The van der Waals surface area contributed by atoms with Crippen LogP contribution in [0.4, 0.5) is 11.4 Å². The first-order chi connectivity index (χ1) is 9.63. The molecule has 1 aromatic carbocycles. The molecule has 0 aliphatic rings. The van der Waals surface area contributed by atoms with Crippen LogP contribution in [0, 0.1) is 17.2 Å². The highest BCUT2D eigenvalue weighted by Gasteiger charge is 2.13. The normalized spacial score (nSPS) is 10.7. The molecule has 0 unspecified atom stereocenters. The van der Waals surface area contributed by atoms with Crippen molar-refractivity contribution in [3.63, 3.8) is 0 Å². The summed E-state index contributed by atoms with van der Waals surface area (Å²) < 4.78 is 0. The minimum absolute atomic E-state index is 0.497. The summed E-state index contributed by atoms with van der Waals surface area (Å²) in [6.07, 6.45) is 2.26. The van der Waals surface area contributed by atoms with E-state index in [1.807, 2.05) is 24.3 Å². The van der Waals surface area contributed by atoms with Gasteiger partial charge in [-0.15, -0.1) is 0 Å². The number of nitriles is 1. The molecule has 2 aromatic rings. The molecule has 1 aromatic heterocycles. The third-order valence-electron chi connectivity index (χ3n) is 3.22. The standard InChI is InChI=1S/C16H20N4/c1-12(2)11-20(10-4-8-17)15-7-6-14-13(16(15)18)5-3-9-19-14/h3,5-7,9,12H,4,10-11,18H2,1-2H3. The van der Waals surface area contributed by atoms with E-state index in [4.69, 9.17) is 11.0 Å². The van der Waals surface area contributed by atoms with Crippen LogP contribution in [0.2, 0.25) is 0 Å². The number of anilines is 2. The van der Waals surface area contributed by atoms with E-state index in [1.165, 1.54) is 0 Å². The predicted octanol–water partition coefficient (Wildman–Crippen LogP) is 3.19. The number of nitrogens with two attached hydrogens (primary N) is 1. The summed E-state index contributed by atoms with van der Waals surface area (Å²) >= 11 is 0. The van der Waals surface area contributed by atoms with Crippen LogP contribution in [0.3, 0.4) is 0 Å². The Hall–Kier alpha value is -2.28. The van der Waals surface area contributed by atoms with Crippen molar-refractivity contribution in [2.45, 2.75) is 20.3 Å². The van der Waals surface area contributed by atoms with Gasteiger partial charge in [0.1, 0.15) is 0 Å². The van der Waals surface area contributed by atoms with Gasteiger partial charge in [-0.2, -0.15) is 5.26 Å². The lowest BCUT2D eigenvalue weighted by molar-refractivity contribution is 0.613. The van der Waals surface area contributed by atoms with E-state index in [1.54, 1.807) is 6.20 Å². The lowest BCUT2D eigenvalue weighted by Gasteiger charge is -2.27. The minimum atomic E-state index is 0.497. The predicted molar refractivity (Wildman–Crippen MR) is 83.4 cm³/mol. The summed E-state index contributed by atoms with van der Waals surface area (Å²) in [6, 6.07) is 10.1. The molecule has 0 aliphatic carbocycles. The van der Waals surface area contributed by atoms with E-state index < -0.39 is 0 Å². The Bertz CT molecular complexity index is 628. The van der Waals surface area contributed by atoms with Crippen LogP contribution < -0.4 is 10.6 Å². The molecule has 20 heavy (non-hydrogen) atoms. The Morgan fingerprint density at radius 1 is 1.35 bits per heavy atom. The second-order valence-corrected chi connectivity index (χ2v) is 5.32. The van der Waals surface area contributed by atoms with E-state index in [2.05, 4.69) is 29.8 Å². The van der Waals surface area contributed by atoms with Crippen molar-refractivity contribution in [3.05, 3.63) is 30.5 Å². The molecule has 0 spiro atoms.